The van der Waals surface area contributed by atoms with Gasteiger partial charge < -0.3 is 20.4 Å². The SMILES string of the molecule is [N-]=[N+]=NCCCCCCCCN1[C@@H]2[C@@H](CO)[C@H](O)[C@@H](O)[C@H](O)[C@@H]21. The molecule has 0 amide bonds. The predicted octanol–water partition coefficient (Wildman–Crippen LogP) is 0.395. The summed E-state index contributed by atoms with van der Waals surface area (Å²) in [7, 11) is 0. The molecule has 2 aliphatic rings. The molecular formula is C15H28N4O4. The highest BCUT2D eigenvalue weighted by atomic mass is 16.4. The van der Waals surface area contributed by atoms with Gasteiger partial charge in [0.25, 0.3) is 0 Å². The van der Waals surface area contributed by atoms with E-state index in [0.717, 1.165) is 45.1 Å². The van der Waals surface area contributed by atoms with E-state index in [2.05, 4.69) is 14.9 Å². The minimum Gasteiger partial charge on any atom is -0.396 e. The second kappa shape index (κ2) is 8.82. The summed E-state index contributed by atoms with van der Waals surface area (Å²) < 4.78 is 0. The first-order valence-electron chi connectivity index (χ1n) is 8.55. The number of hydrogen-bond acceptors (Lipinski definition) is 6. The lowest BCUT2D eigenvalue weighted by Crippen LogP contribution is -2.52. The van der Waals surface area contributed by atoms with Crippen molar-refractivity contribution >= 4 is 0 Å². The Hall–Kier alpha value is -0.890. The van der Waals surface area contributed by atoms with Gasteiger partial charge in [-0.25, -0.2) is 0 Å². The molecule has 2 fully saturated rings. The number of unbranched alkanes of at least 4 members (excludes halogenated alkanes) is 5. The zero-order chi connectivity index (χ0) is 16.8. The molecule has 132 valence electrons. The summed E-state index contributed by atoms with van der Waals surface area (Å²) in [5.41, 5.74) is 8.16. The maximum absolute atomic E-state index is 10.0. The van der Waals surface area contributed by atoms with Crippen LogP contribution in [-0.4, -0.2) is 75.4 Å². The van der Waals surface area contributed by atoms with Crippen LogP contribution in [-0.2, 0) is 0 Å². The van der Waals surface area contributed by atoms with Gasteiger partial charge in [0.2, 0.25) is 0 Å². The van der Waals surface area contributed by atoms with Crippen LogP contribution in [0.15, 0.2) is 5.11 Å². The molecule has 1 heterocycles. The van der Waals surface area contributed by atoms with Crippen LogP contribution in [0.1, 0.15) is 38.5 Å². The van der Waals surface area contributed by atoms with Crippen molar-refractivity contribution < 1.29 is 20.4 Å². The molecule has 8 heteroatoms. The van der Waals surface area contributed by atoms with Gasteiger partial charge in [-0.1, -0.05) is 30.8 Å². The molecule has 0 aromatic carbocycles. The van der Waals surface area contributed by atoms with Crippen molar-refractivity contribution in [2.75, 3.05) is 19.7 Å². The van der Waals surface area contributed by atoms with Crippen molar-refractivity contribution in [1.82, 2.24) is 4.90 Å². The summed E-state index contributed by atoms with van der Waals surface area (Å²) in [6.07, 6.45) is 3.16. The van der Waals surface area contributed by atoms with E-state index < -0.39 is 18.3 Å². The molecule has 4 N–H and O–H groups in total. The smallest absolute Gasteiger partial charge is 0.108 e. The summed E-state index contributed by atoms with van der Waals surface area (Å²) in [5, 5.41) is 42.7. The van der Waals surface area contributed by atoms with Gasteiger partial charge in [-0.05, 0) is 24.9 Å². The Morgan fingerprint density at radius 3 is 2.17 bits per heavy atom. The monoisotopic (exact) mass is 328 g/mol. The lowest BCUT2D eigenvalue weighted by atomic mass is 9.83. The average Bonchev–Trinajstić information content (AvgIpc) is 3.26. The lowest BCUT2D eigenvalue weighted by Gasteiger charge is -2.32. The van der Waals surface area contributed by atoms with E-state index in [1.165, 1.54) is 0 Å². The maximum Gasteiger partial charge on any atom is 0.108 e. The molecule has 0 bridgehead atoms. The Balaban J connectivity index is 1.61. The number of azide groups is 1. The molecule has 8 nitrogen and oxygen atoms in total. The van der Waals surface area contributed by atoms with Crippen molar-refractivity contribution in [2.24, 2.45) is 11.0 Å². The standard InChI is InChI=1S/C15H28N4O4/c16-18-17-7-5-3-1-2-4-6-8-19-11-10(9-20)13(21)15(23)14(22)12(11)19/h10-15,20-23H,1-9H2/t10-,11-,12-,13+,14-,15-,19?/m1/s1. The van der Waals surface area contributed by atoms with Gasteiger partial charge in [0.15, 0.2) is 0 Å². The van der Waals surface area contributed by atoms with Crippen LogP contribution in [0.3, 0.4) is 0 Å². The van der Waals surface area contributed by atoms with Crippen molar-refractivity contribution in [3.8, 4) is 0 Å². The number of aliphatic hydroxyl groups is 4. The zero-order valence-corrected chi connectivity index (χ0v) is 13.4. The molecule has 7 atom stereocenters. The van der Waals surface area contributed by atoms with Crippen LogP contribution < -0.4 is 0 Å². The summed E-state index contributed by atoms with van der Waals surface area (Å²) in [5.74, 6) is -0.376. The van der Waals surface area contributed by atoms with Crippen LogP contribution in [0.4, 0.5) is 0 Å². The van der Waals surface area contributed by atoms with Crippen LogP contribution in [0.5, 0.6) is 0 Å². The number of hydrogen-bond donors (Lipinski definition) is 4. The average molecular weight is 328 g/mol. The molecule has 0 aromatic rings. The van der Waals surface area contributed by atoms with Crippen molar-refractivity contribution in [1.29, 1.82) is 0 Å². The highest BCUT2D eigenvalue weighted by Gasteiger charge is 2.63. The Kier molecular flexibility index (Phi) is 7.08. The van der Waals surface area contributed by atoms with Gasteiger partial charge in [-0.15, -0.1) is 0 Å². The molecule has 0 aromatic heterocycles. The van der Waals surface area contributed by atoms with Gasteiger partial charge in [-0.2, -0.15) is 0 Å². The first-order chi connectivity index (χ1) is 11.1. The van der Waals surface area contributed by atoms with E-state index >= 15 is 0 Å². The van der Waals surface area contributed by atoms with Gasteiger partial charge in [0, 0.05) is 23.4 Å². The van der Waals surface area contributed by atoms with Crippen molar-refractivity contribution in [2.45, 2.75) is 68.9 Å². The Bertz CT molecular complexity index is 418. The molecule has 0 radical (unpaired) electrons. The first-order valence-corrected chi connectivity index (χ1v) is 8.55. The molecule has 1 saturated heterocycles. The van der Waals surface area contributed by atoms with Crippen molar-refractivity contribution in [3.05, 3.63) is 10.4 Å². The highest BCUT2D eigenvalue weighted by molar-refractivity contribution is 5.17. The van der Waals surface area contributed by atoms with Gasteiger partial charge in [0.1, 0.15) is 6.10 Å². The summed E-state index contributed by atoms with van der Waals surface area (Å²) >= 11 is 0. The third-order valence-corrected chi connectivity index (χ3v) is 5.15. The zero-order valence-electron chi connectivity index (χ0n) is 13.4. The molecule has 0 spiro atoms. The Morgan fingerprint density at radius 1 is 0.870 bits per heavy atom. The fourth-order valence-corrected chi connectivity index (χ4v) is 3.82. The molecule has 1 unspecified atom stereocenters. The minimum atomic E-state index is -1.17. The second-order valence-corrected chi connectivity index (χ2v) is 6.61. The number of fused-ring (bicyclic) bond motifs is 1. The number of rotatable bonds is 10. The first kappa shape index (κ1) is 18.4. The Morgan fingerprint density at radius 2 is 1.52 bits per heavy atom. The second-order valence-electron chi connectivity index (χ2n) is 6.61. The Labute approximate surface area is 136 Å². The molecule has 2 rings (SSSR count). The van der Waals surface area contributed by atoms with Gasteiger partial charge in [-0.3, -0.25) is 4.90 Å². The van der Waals surface area contributed by atoms with Crippen LogP contribution in [0, 0.1) is 5.92 Å². The third kappa shape index (κ3) is 4.35. The maximum atomic E-state index is 10.0. The van der Waals surface area contributed by atoms with Crippen LogP contribution in [0.2, 0.25) is 0 Å². The molecule has 1 saturated carbocycles. The summed E-state index contributed by atoms with van der Waals surface area (Å²) in [6.45, 7) is 1.22. The van der Waals surface area contributed by atoms with E-state index in [0.29, 0.717) is 6.54 Å². The predicted molar refractivity (Wildman–Crippen MR) is 84.6 cm³/mol. The number of likely N-dealkylation sites (tertiary alicyclic amines) is 1. The summed E-state index contributed by atoms with van der Waals surface area (Å²) in [4.78, 5) is 4.81. The summed E-state index contributed by atoms with van der Waals surface area (Å²) in [6, 6.07) is -0.147. The normalized spacial score (nSPS) is 38.7. The molecule has 23 heavy (non-hydrogen) atoms. The van der Waals surface area contributed by atoms with Crippen molar-refractivity contribution in [3.63, 3.8) is 0 Å². The molecular weight excluding hydrogens is 300 g/mol. The van der Waals surface area contributed by atoms with E-state index in [9.17, 15) is 20.4 Å². The van der Waals surface area contributed by atoms with E-state index in [1.807, 2.05) is 0 Å². The van der Waals surface area contributed by atoms with E-state index in [4.69, 9.17) is 5.53 Å². The van der Waals surface area contributed by atoms with E-state index in [1.54, 1.807) is 0 Å². The van der Waals surface area contributed by atoms with Crippen LogP contribution in [0.25, 0.3) is 10.4 Å². The number of nitrogens with zero attached hydrogens (tertiary/aromatic N) is 4. The van der Waals surface area contributed by atoms with Crippen LogP contribution >= 0.6 is 0 Å². The highest BCUT2D eigenvalue weighted by Crippen LogP contribution is 2.44. The van der Waals surface area contributed by atoms with Gasteiger partial charge >= 0.3 is 0 Å². The fraction of sp³-hybridized carbons (Fsp3) is 1.00. The quantitative estimate of drug-likeness (QED) is 0.151. The van der Waals surface area contributed by atoms with E-state index in [-0.39, 0.29) is 24.6 Å². The number of aliphatic hydroxyl groups excluding tert-OH is 4. The molecule has 1 aliphatic heterocycles. The topological polar surface area (TPSA) is 133 Å². The third-order valence-electron chi connectivity index (χ3n) is 5.15. The fourth-order valence-electron chi connectivity index (χ4n) is 3.82. The largest absolute Gasteiger partial charge is 0.396 e. The van der Waals surface area contributed by atoms with Gasteiger partial charge in [0.05, 0.1) is 24.9 Å². The minimum absolute atomic E-state index is 0.0164. The molecule has 1 aliphatic carbocycles. The lowest BCUT2D eigenvalue weighted by molar-refractivity contribution is -0.105.